The predicted octanol–water partition coefficient (Wildman–Crippen LogP) is 2.67. The van der Waals surface area contributed by atoms with Gasteiger partial charge in [0.15, 0.2) is 0 Å². The molecule has 2 aromatic rings. The number of aromatic nitrogens is 1. The van der Waals surface area contributed by atoms with Gasteiger partial charge in [-0.25, -0.2) is 4.98 Å². The van der Waals surface area contributed by atoms with E-state index < -0.39 is 0 Å². The number of rotatable bonds is 3. The van der Waals surface area contributed by atoms with Gasteiger partial charge in [0.25, 0.3) is 0 Å². The van der Waals surface area contributed by atoms with E-state index in [4.69, 9.17) is 10.2 Å². The van der Waals surface area contributed by atoms with Gasteiger partial charge in [-0.2, -0.15) is 0 Å². The molecule has 16 heavy (non-hydrogen) atoms. The third-order valence-corrected chi connectivity index (χ3v) is 2.53. The van der Waals surface area contributed by atoms with Crippen LogP contribution in [0.25, 0.3) is 11.3 Å². The standard InChI is InChI=1S/C13H16N2O/c1-3-11-13(15-12(8-14)16-11)10-6-4-5-9(2)7-10/h4-7H,3,8,14H2,1-2H3. The van der Waals surface area contributed by atoms with Crippen molar-refractivity contribution in [1.82, 2.24) is 4.98 Å². The molecule has 0 spiro atoms. The van der Waals surface area contributed by atoms with E-state index in [9.17, 15) is 0 Å². The minimum Gasteiger partial charge on any atom is -0.444 e. The largest absolute Gasteiger partial charge is 0.444 e. The summed E-state index contributed by atoms with van der Waals surface area (Å²) < 4.78 is 5.57. The van der Waals surface area contributed by atoms with E-state index in [1.54, 1.807) is 0 Å². The zero-order chi connectivity index (χ0) is 11.5. The van der Waals surface area contributed by atoms with E-state index in [1.807, 2.05) is 12.1 Å². The first-order valence-corrected chi connectivity index (χ1v) is 5.50. The second kappa shape index (κ2) is 4.49. The maximum Gasteiger partial charge on any atom is 0.208 e. The molecule has 1 heterocycles. The van der Waals surface area contributed by atoms with Crippen LogP contribution in [0.5, 0.6) is 0 Å². The Morgan fingerprint density at radius 1 is 1.38 bits per heavy atom. The van der Waals surface area contributed by atoms with E-state index in [2.05, 4.69) is 31.0 Å². The third-order valence-electron chi connectivity index (χ3n) is 2.53. The molecule has 0 aliphatic heterocycles. The summed E-state index contributed by atoms with van der Waals surface area (Å²) >= 11 is 0. The molecule has 0 fully saturated rings. The summed E-state index contributed by atoms with van der Waals surface area (Å²) in [7, 11) is 0. The lowest BCUT2D eigenvalue weighted by molar-refractivity contribution is 0.461. The Bertz CT molecular complexity index is 488. The monoisotopic (exact) mass is 216 g/mol. The number of oxazole rings is 1. The van der Waals surface area contributed by atoms with Gasteiger partial charge >= 0.3 is 0 Å². The normalized spacial score (nSPS) is 10.7. The minimum absolute atomic E-state index is 0.346. The molecule has 1 aromatic carbocycles. The zero-order valence-corrected chi connectivity index (χ0v) is 9.66. The first-order chi connectivity index (χ1) is 7.74. The molecule has 0 aliphatic rings. The summed E-state index contributed by atoms with van der Waals surface area (Å²) in [6.45, 7) is 4.47. The van der Waals surface area contributed by atoms with Gasteiger partial charge in [-0.05, 0) is 13.0 Å². The zero-order valence-electron chi connectivity index (χ0n) is 9.66. The van der Waals surface area contributed by atoms with Crippen LogP contribution in [0.2, 0.25) is 0 Å². The highest BCUT2D eigenvalue weighted by molar-refractivity contribution is 5.62. The molecule has 0 aliphatic carbocycles. The summed E-state index contributed by atoms with van der Waals surface area (Å²) in [5.41, 5.74) is 8.78. The molecule has 0 saturated carbocycles. The first-order valence-electron chi connectivity index (χ1n) is 5.50. The number of nitrogens with two attached hydrogens (primary N) is 1. The fourth-order valence-electron chi connectivity index (χ4n) is 1.75. The number of benzene rings is 1. The Balaban J connectivity index is 2.50. The van der Waals surface area contributed by atoms with Crippen molar-refractivity contribution >= 4 is 0 Å². The lowest BCUT2D eigenvalue weighted by Gasteiger charge is -1.99. The summed E-state index contributed by atoms with van der Waals surface area (Å²) in [5, 5.41) is 0. The molecule has 0 amide bonds. The lowest BCUT2D eigenvalue weighted by atomic mass is 10.1. The molecule has 2 rings (SSSR count). The van der Waals surface area contributed by atoms with Crippen LogP contribution in [0.4, 0.5) is 0 Å². The fraction of sp³-hybridized carbons (Fsp3) is 0.308. The van der Waals surface area contributed by atoms with E-state index in [1.165, 1.54) is 5.56 Å². The SMILES string of the molecule is CCc1oc(CN)nc1-c1cccc(C)c1. The van der Waals surface area contributed by atoms with Crippen molar-refractivity contribution in [2.75, 3.05) is 0 Å². The molecular weight excluding hydrogens is 200 g/mol. The van der Waals surface area contributed by atoms with E-state index >= 15 is 0 Å². The number of aryl methyl sites for hydroxylation is 2. The molecule has 3 nitrogen and oxygen atoms in total. The van der Waals surface area contributed by atoms with Gasteiger partial charge < -0.3 is 10.2 Å². The summed E-state index contributed by atoms with van der Waals surface area (Å²) in [6.07, 6.45) is 0.830. The molecule has 0 atom stereocenters. The first kappa shape index (κ1) is 10.9. The van der Waals surface area contributed by atoms with Gasteiger partial charge in [-0.1, -0.05) is 30.7 Å². The van der Waals surface area contributed by atoms with Crippen molar-refractivity contribution in [1.29, 1.82) is 0 Å². The predicted molar refractivity (Wildman–Crippen MR) is 63.9 cm³/mol. The van der Waals surface area contributed by atoms with Crippen molar-refractivity contribution in [2.45, 2.75) is 26.8 Å². The van der Waals surface area contributed by atoms with Gasteiger partial charge in [-0.15, -0.1) is 0 Å². The Labute approximate surface area is 95.3 Å². The average molecular weight is 216 g/mol. The van der Waals surface area contributed by atoms with Crippen LogP contribution in [-0.2, 0) is 13.0 Å². The van der Waals surface area contributed by atoms with E-state index in [-0.39, 0.29) is 0 Å². The highest BCUT2D eigenvalue weighted by atomic mass is 16.4. The molecule has 0 unspecified atom stereocenters. The molecule has 2 N–H and O–H groups in total. The molecule has 0 bridgehead atoms. The molecule has 1 aromatic heterocycles. The van der Waals surface area contributed by atoms with Crippen LogP contribution in [0.15, 0.2) is 28.7 Å². The van der Waals surface area contributed by atoms with Crippen LogP contribution >= 0.6 is 0 Å². The molecule has 3 heteroatoms. The average Bonchev–Trinajstić information content (AvgIpc) is 2.72. The van der Waals surface area contributed by atoms with Crippen LogP contribution < -0.4 is 5.73 Å². The minimum atomic E-state index is 0.346. The maximum absolute atomic E-state index is 5.57. The van der Waals surface area contributed by atoms with Crippen molar-refractivity contribution in [3.05, 3.63) is 41.5 Å². The van der Waals surface area contributed by atoms with E-state index in [0.717, 1.165) is 23.4 Å². The molecule has 84 valence electrons. The summed E-state index contributed by atoms with van der Waals surface area (Å²) in [5.74, 6) is 1.51. The van der Waals surface area contributed by atoms with Crippen LogP contribution in [0.3, 0.4) is 0 Å². The Morgan fingerprint density at radius 3 is 2.81 bits per heavy atom. The Kier molecular flexibility index (Phi) is 3.06. The van der Waals surface area contributed by atoms with Crippen LogP contribution in [0.1, 0.15) is 24.1 Å². The summed E-state index contributed by atoms with van der Waals surface area (Å²) in [4.78, 5) is 4.42. The van der Waals surface area contributed by atoms with Gasteiger partial charge in [0.1, 0.15) is 11.5 Å². The number of hydrogen-bond donors (Lipinski definition) is 1. The number of nitrogens with zero attached hydrogens (tertiary/aromatic N) is 1. The fourth-order valence-corrected chi connectivity index (χ4v) is 1.75. The van der Waals surface area contributed by atoms with Crippen molar-refractivity contribution in [3.8, 4) is 11.3 Å². The topological polar surface area (TPSA) is 52.0 Å². The van der Waals surface area contributed by atoms with Gasteiger partial charge in [-0.3, -0.25) is 0 Å². The van der Waals surface area contributed by atoms with Gasteiger partial charge in [0, 0.05) is 12.0 Å². The van der Waals surface area contributed by atoms with Crippen LogP contribution in [-0.4, -0.2) is 4.98 Å². The Morgan fingerprint density at radius 2 is 2.19 bits per heavy atom. The van der Waals surface area contributed by atoms with Gasteiger partial charge in [0.05, 0.1) is 6.54 Å². The second-order valence-corrected chi connectivity index (χ2v) is 3.81. The quantitative estimate of drug-likeness (QED) is 0.858. The van der Waals surface area contributed by atoms with Crippen molar-refractivity contribution in [2.24, 2.45) is 5.73 Å². The molecule has 0 saturated heterocycles. The smallest absolute Gasteiger partial charge is 0.208 e. The summed E-state index contributed by atoms with van der Waals surface area (Å²) in [6, 6.07) is 8.25. The second-order valence-electron chi connectivity index (χ2n) is 3.81. The lowest BCUT2D eigenvalue weighted by Crippen LogP contribution is -1.95. The van der Waals surface area contributed by atoms with Gasteiger partial charge in [0.2, 0.25) is 5.89 Å². The molecule has 0 radical (unpaired) electrons. The van der Waals surface area contributed by atoms with Crippen molar-refractivity contribution < 1.29 is 4.42 Å². The highest BCUT2D eigenvalue weighted by Crippen LogP contribution is 2.25. The van der Waals surface area contributed by atoms with Crippen molar-refractivity contribution in [3.63, 3.8) is 0 Å². The molecular formula is C13H16N2O. The Hall–Kier alpha value is -1.61. The van der Waals surface area contributed by atoms with E-state index in [0.29, 0.717) is 12.4 Å². The third kappa shape index (κ3) is 1.99. The number of hydrogen-bond acceptors (Lipinski definition) is 3. The maximum atomic E-state index is 5.57. The highest BCUT2D eigenvalue weighted by Gasteiger charge is 2.12. The van der Waals surface area contributed by atoms with Crippen LogP contribution in [0, 0.1) is 6.92 Å².